The largest absolute Gasteiger partial charge is 0.493 e. The number of carbonyl (C=O) groups excluding carboxylic acids is 1. The number of fused-ring (bicyclic) bond motifs is 3. The quantitative estimate of drug-likeness (QED) is 0.816. The summed E-state index contributed by atoms with van der Waals surface area (Å²) in [6, 6.07) is 8.90. The van der Waals surface area contributed by atoms with Crippen LogP contribution in [0.25, 0.3) is 11.1 Å². The Morgan fingerprint density at radius 1 is 1.22 bits per heavy atom. The number of hydrogen-bond acceptors (Lipinski definition) is 5. The standard InChI is InChI=1S/C21H23N3O3/c1-3-24-10-9-13-15(14-7-5-6-8-18(14)27-4-2)11-16-19(17(13)12-24)22-21(25)20(16)23-26/h5-8,11,20H,3-4,9-10,12H2,1-2H3,(H,22,25). The number of nitrogens with one attached hydrogen (secondary N) is 1. The van der Waals surface area contributed by atoms with Crippen LogP contribution in [0.1, 0.15) is 36.6 Å². The number of nitroso groups, excluding NO2 is 1. The van der Waals surface area contributed by atoms with Gasteiger partial charge in [-0.1, -0.05) is 30.3 Å². The predicted molar refractivity (Wildman–Crippen MR) is 105 cm³/mol. The van der Waals surface area contributed by atoms with E-state index in [0.29, 0.717) is 12.2 Å². The van der Waals surface area contributed by atoms with Gasteiger partial charge < -0.3 is 10.1 Å². The molecule has 4 rings (SSSR count). The predicted octanol–water partition coefficient (Wildman–Crippen LogP) is 3.89. The Morgan fingerprint density at radius 2 is 2.04 bits per heavy atom. The molecule has 0 aromatic heterocycles. The van der Waals surface area contributed by atoms with Crippen LogP contribution in [0.3, 0.4) is 0 Å². The molecule has 0 saturated carbocycles. The Morgan fingerprint density at radius 3 is 2.78 bits per heavy atom. The van der Waals surface area contributed by atoms with Gasteiger partial charge in [0.2, 0.25) is 0 Å². The molecule has 1 N–H and O–H groups in total. The number of nitrogens with zero attached hydrogens (tertiary/aromatic N) is 2. The fourth-order valence-electron chi connectivity index (χ4n) is 4.12. The first-order chi connectivity index (χ1) is 13.2. The molecule has 27 heavy (non-hydrogen) atoms. The number of rotatable bonds is 5. The summed E-state index contributed by atoms with van der Waals surface area (Å²) in [5, 5.41) is 5.98. The fourth-order valence-corrected chi connectivity index (χ4v) is 4.12. The van der Waals surface area contributed by atoms with Crippen molar-refractivity contribution in [1.82, 2.24) is 4.90 Å². The van der Waals surface area contributed by atoms with Crippen LogP contribution in [0.15, 0.2) is 35.5 Å². The van der Waals surface area contributed by atoms with Crippen LogP contribution in [0.2, 0.25) is 0 Å². The molecule has 2 aliphatic heterocycles. The second kappa shape index (κ2) is 7.12. The molecule has 0 aliphatic carbocycles. The zero-order valence-electron chi connectivity index (χ0n) is 15.6. The molecule has 6 heteroatoms. The highest BCUT2D eigenvalue weighted by atomic mass is 16.5. The number of benzene rings is 2. The Labute approximate surface area is 158 Å². The molecular weight excluding hydrogens is 342 g/mol. The number of ether oxygens (including phenoxy) is 1. The number of amides is 1. The molecule has 6 nitrogen and oxygen atoms in total. The Hall–Kier alpha value is -2.73. The first-order valence-corrected chi connectivity index (χ1v) is 9.44. The molecule has 0 bridgehead atoms. The summed E-state index contributed by atoms with van der Waals surface area (Å²) in [6.07, 6.45) is 0.890. The van der Waals surface area contributed by atoms with E-state index in [9.17, 15) is 9.70 Å². The monoisotopic (exact) mass is 365 g/mol. The van der Waals surface area contributed by atoms with Crippen LogP contribution < -0.4 is 10.1 Å². The van der Waals surface area contributed by atoms with E-state index >= 15 is 0 Å². The van der Waals surface area contributed by atoms with E-state index in [1.807, 2.05) is 37.3 Å². The van der Waals surface area contributed by atoms with Gasteiger partial charge in [-0.15, -0.1) is 4.91 Å². The van der Waals surface area contributed by atoms with Gasteiger partial charge in [-0.3, -0.25) is 9.69 Å². The molecule has 1 unspecified atom stereocenters. The molecule has 2 aliphatic rings. The summed E-state index contributed by atoms with van der Waals surface area (Å²) in [5.74, 6) is 0.471. The van der Waals surface area contributed by atoms with Gasteiger partial charge in [-0.05, 0) is 48.7 Å². The van der Waals surface area contributed by atoms with Crippen LogP contribution in [0.5, 0.6) is 5.75 Å². The minimum Gasteiger partial charge on any atom is -0.493 e. The minimum absolute atomic E-state index is 0.342. The SMILES string of the molecule is CCOc1ccccc1-c1cc2c(c3c1CCN(CC)C3)NC(=O)C2N=O. The average Bonchev–Trinajstić information content (AvgIpc) is 3.03. The molecule has 140 valence electrons. The van der Waals surface area contributed by atoms with Gasteiger partial charge in [0.15, 0.2) is 6.04 Å². The summed E-state index contributed by atoms with van der Waals surface area (Å²) < 4.78 is 5.84. The van der Waals surface area contributed by atoms with Crippen molar-refractivity contribution in [2.75, 3.05) is 25.0 Å². The van der Waals surface area contributed by atoms with Crippen LogP contribution >= 0.6 is 0 Å². The van der Waals surface area contributed by atoms with Gasteiger partial charge in [0.1, 0.15) is 5.75 Å². The lowest BCUT2D eigenvalue weighted by Crippen LogP contribution is -2.31. The zero-order chi connectivity index (χ0) is 19.0. The first-order valence-electron chi connectivity index (χ1n) is 9.44. The van der Waals surface area contributed by atoms with Gasteiger partial charge in [-0.25, -0.2) is 0 Å². The van der Waals surface area contributed by atoms with E-state index < -0.39 is 6.04 Å². The van der Waals surface area contributed by atoms with Gasteiger partial charge in [0, 0.05) is 24.2 Å². The lowest BCUT2D eigenvalue weighted by atomic mass is 9.86. The minimum atomic E-state index is -0.986. The summed E-state index contributed by atoms with van der Waals surface area (Å²) in [4.78, 5) is 26.0. The van der Waals surface area contributed by atoms with Gasteiger partial charge in [0.05, 0.1) is 12.3 Å². The van der Waals surface area contributed by atoms with Crippen molar-refractivity contribution in [3.8, 4) is 16.9 Å². The molecule has 2 heterocycles. The van der Waals surface area contributed by atoms with Crippen molar-refractivity contribution < 1.29 is 9.53 Å². The topological polar surface area (TPSA) is 71.0 Å². The second-order valence-electron chi connectivity index (χ2n) is 6.89. The number of likely N-dealkylation sites (N-methyl/N-ethyl adjacent to an activating group) is 1. The molecule has 1 atom stereocenters. The smallest absolute Gasteiger partial charge is 0.257 e. The number of para-hydroxylation sites is 1. The Bertz CT molecular complexity index is 910. The van der Waals surface area contributed by atoms with Gasteiger partial charge in [0.25, 0.3) is 5.91 Å². The first kappa shape index (κ1) is 17.7. The van der Waals surface area contributed by atoms with Gasteiger partial charge >= 0.3 is 0 Å². The molecule has 0 spiro atoms. The molecule has 1 amide bonds. The lowest BCUT2D eigenvalue weighted by molar-refractivity contribution is -0.116. The molecule has 2 aromatic rings. The van der Waals surface area contributed by atoms with E-state index in [1.54, 1.807) is 0 Å². The van der Waals surface area contributed by atoms with Crippen molar-refractivity contribution in [3.63, 3.8) is 0 Å². The van der Waals surface area contributed by atoms with Crippen molar-refractivity contribution in [3.05, 3.63) is 51.9 Å². The number of hydrogen-bond donors (Lipinski definition) is 1. The third-order valence-electron chi connectivity index (χ3n) is 5.46. The van der Waals surface area contributed by atoms with E-state index in [1.165, 1.54) is 5.56 Å². The summed E-state index contributed by atoms with van der Waals surface area (Å²) in [6.45, 7) is 7.33. The van der Waals surface area contributed by atoms with E-state index in [4.69, 9.17) is 4.74 Å². The van der Waals surface area contributed by atoms with Gasteiger partial charge in [-0.2, -0.15) is 0 Å². The van der Waals surface area contributed by atoms with Crippen LogP contribution in [-0.2, 0) is 17.8 Å². The summed E-state index contributed by atoms with van der Waals surface area (Å²) in [7, 11) is 0. The maximum Gasteiger partial charge on any atom is 0.257 e. The lowest BCUT2D eigenvalue weighted by Gasteiger charge is -2.31. The van der Waals surface area contributed by atoms with Crippen molar-refractivity contribution >= 4 is 11.6 Å². The molecule has 2 aromatic carbocycles. The molecule has 0 saturated heterocycles. The van der Waals surface area contributed by atoms with E-state index in [2.05, 4.69) is 22.3 Å². The maximum absolute atomic E-state index is 12.3. The van der Waals surface area contributed by atoms with Crippen molar-refractivity contribution in [2.24, 2.45) is 5.18 Å². The highest BCUT2D eigenvalue weighted by Crippen LogP contribution is 2.45. The number of carbonyl (C=O) groups is 1. The average molecular weight is 365 g/mol. The zero-order valence-corrected chi connectivity index (χ0v) is 15.6. The fraction of sp³-hybridized carbons (Fsp3) is 0.381. The summed E-state index contributed by atoms with van der Waals surface area (Å²) in [5.41, 5.74) is 5.79. The third kappa shape index (κ3) is 2.90. The van der Waals surface area contributed by atoms with Crippen molar-refractivity contribution in [1.29, 1.82) is 0 Å². The maximum atomic E-state index is 12.3. The third-order valence-corrected chi connectivity index (χ3v) is 5.46. The highest BCUT2D eigenvalue weighted by molar-refractivity contribution is 6.04. The molecule has 0 fully saturated rings. The van der Waals surface area contributed by atoms with Crippen LogP contribution in [-0.4, -0.2) is 30.5 Å². The Balaban J connectivity index is 1.95. The summed E-state index contributed by atoms with van der Waals surface area (Å²) >= 11 is 0. The molecule has 0 radical (unpaired) electrons. The second-order valence-corrected chi connectivity index (χ2v) is 6.89. The van der Waals surface area contributed by atoms with Crippen LogP contribution in [0.4, 0.5) is 5.69 Å². The highest BCUT2D eigenvalue weighted by Gasteiger charge is 2.37. The molecular formula is C21H23N3O3. The van der Waals surface area contributed by atoms with E-state index in [-0.39, 0.29) is 5.91 Å². The van der Waals surface area contributed by atoms with Crippen LogP contribution in [0, 0.1) is 4.91 Å². The number of anilines is 1. The van der Waals surface area contributed by atoms with E-state index in [0.717, 1.165) is 54.2 Å². The normalized spacial score (nSPS) is 18.6. The van der Waals surface area contributed by atoms with Crippen molar-refractivity contribution in [2.45, 2.75) is 32.9 Å². The Kier molecular flexibility index (Phi) is 4.66.